The van der Waals surface area contributed by atoms with Crippen LogP contribution in [0.3, 0.4) is 0 Å². The minimum Gasteiger partial charge on any atom is -0.462 e. The maximum atomic E-state index is 12.6. The molecular weight excluding hydrogens is 380 g/mol. The van der Waals surface area contributed by atoms with Crippen molar-refractivity contribution in [2.24, 2.45) is 0 Å². The molecule has 9 heteroatoms. The van der Waals surface area contributed by atoms with Crippen molar-refractivity contribution in [2.75, 3.05) is 18.5 Å². The lowest BCUT2D eigenvalue weighted by atomic mass is 10.1. The number of carbonyl (C=O) groups excluding carboxylic acids is 2. The number of rotatable bonds is 6. The Morgan fingerprint density at radius 3 is 2.62 bits per heavy atom. The number of carbonyl (C=O) groups is 2. The van der Waals surface area contributed by atoms with Gasteiger partial charge in [-0.25, -0.2) is 4.79 Å². The van der Waals surface area contributed by atoms with E-state index >= 15 is 0 Å². The van der Waals surface area contributed by atoms with E-state index in [9.17, 15) is 24.9 Å². The van der Waals surface area contributed by atoms with Gasteiger partial charge in [0.05, 0.1) is 18.8 Å². The molecule has 1 aromatic carbocycles. The highest BCUT2D eigenvalue weighted by molar-refractivity contribution is 6.04. The largest absolute Gasteiger partial charge is 0.462 e. The molecule has 0 aliphatic carbocycles. The van der Waals surface area contributed by atoms with Crippen molar-refractivity contribution in [1.29, 1.82) is 0 Å². The summed E-state index contributed by atoms with van der Waals surface area (Å²) in [5, 5.41) is 32.0. The van der Waals surface area contributed by atoms with Crippen LogP contribution in [0.15, 0.2) is 48.8 Å². The molecule has 4 atom stereocenters. The third-order valence-electron chi connectivity index (χ3n) is 4.53. The zero-order valence-electron chi connectivity index (χ0n) is 15.8. The maximum absolute atomic E-state index is 12.6. The summed E-state index contributed by atoms with van der Waals surface area (Å²) in [6.45, 7) is 1.52. The first-order chi connectivity index (χ1) is 13.9. The number of nitrogens with zero attached hydrogens (tertiary/aromatic N) is 1. The van der Waals surface area contributed by atoms with Gasteiger partial charge >= 0.3 is 5.97 Å². The molecule has 0 saturated carbocycles. The zero-order chi connectivity index (χ0) is 21.0. The third kappa shape index (κ3) is 4.60. The first kappa shape index (κ1) is 20.9. The first-order valence-electron chi connectivity index (χ1n) is 9.16. The molecule has 1 aromatic heterocycles. The Kier molecular flexibility index (Phi) is 6.55. The first-order valence-corrected chi connectivity index (χ1v) is 9.16. The van der Waals surface area contributed by atoms with Gasteiger partial charge in [0.2, 0.25) is 0 Å². The lowest BCUT2D eigenvalue weighted by Gasteiger charge is -2.11. The molecule has 2 aromatic rings. The van der Waals surface area contributed by atoms with E-state index in [-0.39, 0.29) is 12.2 Å². The number of amides is 1. The molecule has 0 unspecified atom stereocenters. The zero-order valence-corrected chi connectivity index (χ0v) is 15.8. The minimum atomic E-state index is -1.25. The highest BCUT2D eigenvalue weighted by atomic mass is 16.6. The van der Waals surface area contributed by atoms with Gasteiger partial charge in [0.1, 0.15) is 17.8 Å². The summed E-state index contributed by atoms with van der Waals surface area (Å²) in [4.78, 5) is 24.5. The molecule has 154 valence electrons. The molecule has 1 amide bonds. The number of benzene rings is 1. The van der Waals surface area contributed by atoms with Crippen molar-refractivity contribution >= 4 is 17.6 Å². The van der Waals surface area contributed by atoms with Gasteiger partial charge in [-0.2, -0.15) is 4.57 Å². The summed E-state index contributed by atoms with van der Waals surface area (Å²) in [5.74, 6) is -0.919. The third-order valence-corrected chi connectivity index (χ3v) is 4.53. The van der Waals surface area contributed by atoms with Gasteiger partial charge in [0.25, 0.3) is 12.1 Å². The number of ether oxygens (including phenoxy) is 2. The van der Waals surface area contributed by atoms with E-state index in [0.717, 1.165) is 0 Å². The maximum Gasteiger partial charge on any atom is 0.338 e. The minimum absolute atomic E-state index is 0.250. The summed E-state index contributed by atoms with van der Waals surface area (Å²) in [6.07, 6.45) is -1.30. The molecule has 4 N–H and O–H groups in total. The van der Waals surface area contributed by atoms with E-state index in [4.69, 9.17) is 9.47 Å². The second-order valence-electron chi connectivity index (χ2n) is 6.52. The average molecular weight is 403 g/mol. The molecule has 0 spiro atoms. The van der Waals surface area contributed by atoms with Crippen molar-refractivity contribution in [2.45, 2.75) is 31.5 Å². The van der Waals surface area contributed by atoms with Crippen LogP contribution < -0.4 is 9.88 Å². The number of aromatic nitrogens is 1. The fourth-order valence-electron chi connectivity index (χ4n) is 3.05. The monoisotopic (exact) mass is 403 g/mol. The quantitative estimate of drug-likeness (QED) is 0.395. The van der Waals surface area contributed by atoms with Gasteiger partial charge in [-0.3, -0.25) is 4.79 Å². The molecule has 29 heavy (non-hydrogen) atoms. The van der Waals surface area contributed by atoms with Gasteiger partial charge < -0.3 is 30.1 Å². The van der Waals surface area contributed by atoms with Gasteiger partial charge in [-0.15, -0.1) is 0 Å². The van der Waals surface area contributed by atoms with Gasteiger partial charge in [-0.1, -0.05) is 6.07 Å². The molecule has 2 heterocycles. The summed E-state index contributed by atoms with van der Waals surface area (Å²) >= 11 is 0. The molecule has 0 radical (unpaired) electrons. The van der Waals surface area contributed by atoms with Crippen molar-refractivity contribution in [3.8, 4) is 0 Å². The number of pyridine rings is 1. The lowest BCUT2D eigenvalue weighted by molar-refractivity contribution is -0.765. The van der Waals surface area contributed by atoms with Crippen LogP contribution in [0.2, 0.25) is 0 Å². The summed E-state index contributed by atoms with van der Waals surface area (Å²) in [6, 6.07) is 9.54. The van der Waals surface area contributed by atoms with Gasteiger partial charge in [0, 0.05) is 11.8 Å². The van der Waals surface area contributed by atoms with Gasteiger partial charge in [-0.05, 0) is 31.2 Å². The number of esters is 1. The summed E-state index contributed by atoms with van der Waals surface area (Å²) < 4.78 is 11.9. The van der Waals surface area contributed by atoms with E-state index in [1.54, 1.807) is 43.5 Å². The van der Waals surface area contributed by atoms with Crippen LogP contribution in [0, 0.1) is 0 Å². The van der Waals surface area contributed by atoms with Crippen LogP contribution in [0.4, 0.5) is 5.69 Å². The molecule has 1 aliphatic rings. The Morgan fingerprint density at radius 1 is 1.17 bits per heavy atom. The number of aliphatic hydroxyl groups is 3. The molecule has 1 fully saturated rings. The highest BCUT2D eigenvalue weighted by Crippen LogP contribution is 2.25. The number of anilines is 1. The van der Waals surface area contributed by atoms with Crippen LogP contribution in [0.25, 0.3) is 0 Å². The molecular formula is C20H23N2O7+. The number of aliphatic hydroxyl groups excluding tert-OH is 3. The van der Waals surface area contributed by atoms with Crippen molar-refractivity contribution in [3.63, 3.8) is 0 Å². The molecule has 0 bridgehead atoms. The van der Waals surface area contributed by atoms with Crippen molar-refractivity contribution in [3.05, 3.63) is 59.9 Å². The van der Waals surface area contributed by atoms with Crippen molar-refractivity contribution < 1.29 is 38.9 Å². The van der Waals surface area contributed by atoms with Crippen LogP contribution in [-0.4, -0.2) is 58.7 Å². The molecule has 9 nitrogen and oxygen atoms in total. The van der Waals surface area contributed by atoms with E-state index in [2.05, 4.69) is 5.32 Å². The molecule has 3 rings (SSSR count). The Hall–Kier alpha value is -2.85. The second-order valence-corrected chi connectivity index (χ2v) is 6.52. The summed E-state index contributed by atoms with van der Waals surface area (Å²) in [5.41, 5.74) is 1.01. The van der Waals surface area contributed by atoms with Gasteiger partial charge in [0.15, 0.2) is 18.5 Å². The average Bonchev–Trinajstić information content (AvgIpc) is 3.02. The van der Waals surface area contributed by atoms with Crippen LogP contribution in [0.5, 0.6) is 0 Å². The lowest BCUT2D eigenvalue weighted by Crippen LogP contribution is -2.46. The second kappa shape index (κ2) is 9.10. The van der Waals surface area contributed by atoms with Crippen LogP contribution in [-0.2, 0) is 9.47 Å². The number of hydrogen-bond acceptors (Lipinski definition) is 7. The Morgan fingerprint density at radius 2 is 1.93 bits per heavy atom. The van der Waals surface area contributed by atoms with E-state index in [1.807, 2.05) is 0 Å². The molecule has 1 saturated heterocycles. The number of nitrogens with one attached hydrogen (secondary N) is 1. The highest BCUT2D eigenvalue weighted by Gasteiger charge is 2.48. The Balaban J connectivity index is 1.75. The predicted octanol–water partition coefficient (Wildman–Crippen LogP) is 0.0146. The fraction of sp³-hybridized carbons (Fsp3) is 0.350. The Labute approximate surface area is 167 Å². The topological polar surface area (TPSA) is 129 Å². The Bertz CT molecular complexity index is 889. The van der Waals surface area contributed by atoms with E-state index in [0.29, 0.717) is 11.3 Å². The fourth-order valence-corrected chi connectivity index (χ4v) is 3.05. The van der Waals surface area contributed by atoms with Crippen molar-refractivity contribution in [1.82, 2.24) is 0 Å². The summed E-state index contributed by atoms with van der Waals surface area (Å²) in [7, 11) is 0. The van der Waals surface area contributed by atoms with Crippen LogP contribution >= 0.6 is 0 Å². The standard InChI is InChI=1S/C20H22N2O7/c1-2-28-20(27)12-5-3-7-14(9-12)21-18(26)13-6-4-8-22(10-13)19-17(25)16(24)15(11-23)29-19/h3-10,15-17,19,23-25H,2,11H2,1H3/p+1/t15-,16-,17-,19-/m1/s1. The molecule has 1 aliphatic heterocycles. The van der Waals surface area contributed by atoms with Crippen LogP contribution in [0.1, 0.15) is 33.9 Å². The van der Waals surface area contributed by atoms with E-state index in [1.165, 1.54) is 16.8 Å². The smallest absolute Gasteiger partial charge is 0.338 e. The normalized spacial score (nSPS) is 23.6. The number of hydrogen-bond donors (Lipinski definition) is 4. The predicted molar refractivity (Wildman–Crippen MR) is 100.0 cm³/mol. The van der Waals surface area contributed by atoms with E-state index < -0.39 is 43.0 Å². The SMILES string of the molecule is CCOC(=O)c1cccc(NC(=O)c2ccc[n+]([C@@H]3O[C@H](CO)[C@@H](O)[C@H]3O)c2)c1.